The Hall–Kier alpha value is -1.56. The van der Waals surface area contributed by atoms with E-state index in [2.05, 4.69) is 27.9 Å². The average molecular weight is 352 g/mol. The van der Waals surface area contributed by atoms with Crippen molar-refractivity contribution in [3.05, 3.63) is 57.2 Å². The molecule has 0 radical (unpaired) electrons. The summed E-state index contributed by atoms with van der Waals surface area (Å²) in [6.07, 6.45) is 0. The Morgan fingerprint density at radius 2 is 1.94 bits per heavy atom. The van der Waals surface area contributed by atoms with Crippen LogP contribution in [0, 0.1) is 10.5 Å². The summed E-state index contributed by atoms with van der Waals surface area (Å²) in [6, 6.07) is 13.0. The minimum Gasteiger partial charge on any atom is -0.397 e. The molecule has 2 rings (SSSR count). The number of carbonyl (C=O) groups excluding carboxylic acids is 1. The number of nitrogens with one attached hydrogen (secondary N) is 1. The lowest BCUT2D eigenvalue weighted by atomic mass is 10.1. The van der Waals surface area contributed by atoms with E-state index in [1.807, 2.05) is 43.3 Å². The number of aryl methyl sites for hydroxylation is 1. The van der Waals surface area contributed by atoms with Gasteiger partial charge in [-0.1, -0.05) is 18.2 Å². The molecule has 0 unspecified atom stereocenters. The number of halogens is 1. The molecule has 0 aromatic heterocycles. The van der Waals surface area contributed by atoms with Crippen LogP contribution in [0.3, 0.4) is 0 Å². The molecule has 3 N–H and O–H groups in total. The van der Waals surface area contributed by atoms with Gasteiger partial charge in [0.05, 0.1) is 16.9 Å². The van der Waals surface area contributed by atoms with E-state index < -0.39 is 0 Å². The topological polar surface area (TPSA) is 55.1 Å². The molecule has 92 valence electrons. The SMILES string of the molecule is Cc1ccc(NC(=O)c2ccccc2I)c(N)c1. The summed E-state index contributed by atoms with van der Waals surface area (Å²) in [5.74, 6) is -0.143. The molecular formula is C14H13IN2O. The average Bonchev–Trinajstić information content (AvgIpc) is 2.33. The fraction of sp³-hybridized carbons (Fsp3) is 0.0714. The second-order valence-electron chi connectivity index (χ2n) is 4.02. The lowest BCUT2D eigenvalue weighted by molar-refractivity contribution is 0.102. The summed E-state index contributed by atoms with van der Waals surface area (Å²) in [6.45, 7) is 1.96. The van der Waals surface area contributed by atoms with Crippen LogP contribution in [0.2, 0.25) is 0 Å². The summed E-state index contributed by atoms with van der Waals surface area (Å²) >= 11 is 2.14. The maximum Gasteiger partial charge on any atom is 0.256 e. The predicted octanol–water partition coefficient (Wildman–Crippen LogP) is 3.43. The third-order valence-electron chi connectivity index (χ3n) is 2.57. The molecule has 1 amide bonds. The molecule has 4 heteroatoms. The highest BCUT2D eigenvalue weighted by molar-refractivity contribution is 14.1. The van der Waals surface area contributed by atoms with Gasteiger partial charge in [0.15, 0.2) is 0 Å². The molecule has 0 saturated heterocycles. The monoisotopic (exact) mass is 352 g/mol. The van der Waals surface area contributed by atoms with Gasteiger partial charge >= 0.3 is 0 Å². The van der Waals surface area contributed by atoms with Crippen molar-refractivity contribution in [1.29, 1.82) is 0 Å². The van der Waals surface area contributed by atoms with Crippen molar-refractivity contribution >= 4 is 39.9 Å². The van der Waals surface area contributed by atoms with Crippen LogP contribution >= 0.6 is 22.6 Å². The van der Waals surface area contributed by atoms with Crippen molar-refractivity contribution in [2.24, 2.45) is 0 Å². The largest absolute Gasteiger partial charge is 0.397 e. The van der Waals surface area contributed by atoms with Crippen molar-refractivity contribution in [2.45, 2.75) is 6.92 Å². The standard InChI is InChI=1S/C14H13IN2O/c1-9-6-7-13(12(16)8-9)17-14(18)10-4-2-3-5-11(10)15/h2-8H,16H2,1H3,(H,17,18). The molecule has 0 fully saturated rings. The van der Waals surface area contributed by atoms with E-state index in [-0.39, 0.29) is 5.91 Å². The maximum absolute atomic E-state index is 12.1. The first-order chi connectivity index (χ1) is 8.58. The van der Waals surface area contributed by atoms with E-state index in [0.29, 0.717) is 16.9 Å². The highest BCUT2D eigenvalue weighted by Gasteiger charge is 2.10. The molecule has 0 spiro atoms. The summed E-state index contributed by atoms with van der Waals surface area (Å²) in [5.41, 5.74) is 8.81. The highest BCUT2D eigenvalue weighted by atomic mass is 127. The third kappa shape index (κ3) is 2.81. The molecule has 0 bridgehead atoms. The first-order valence-corrected chi connectivity index (χ1v) is 6.58. The van der Waals surface area contributed by atoms with Crippen LogP contribution in [-0.4, -0.2) is 5.91 Å². The first-order valence-electron chi connectivity index (χ1n) is 5.50. The molecular weight excluding hydrogens is 339 g/mol. The van der Waals surface area contributed by atoms with E-state index in [0.717, 1.165) is 9.13 Å². The molecule has 0 atom stereocenters. The van der Waals surface area contributed by atoms with Gasteiger partial charge < -0.3 is 11.1 Å². The van der Waals surface area contributed by atoms with Gasteiger partial charge in [-0.25, -0.2) is 0 Å². The van der Waals surface area contributed by atoms with Crippen molar-refractivity contribution < 1.29 is 4.79 Å². The Labute approximate surface area is 120 Å². The number of hydrogen-bond acceptors (Lipinski definition) is 2. The van der Waals surface area contributed by atoms with Gasteiger partial charge in [-0.3, -0.25) is 4.79 Å². The normalized spacial score (nSPS) is 10.1. The molecule has 0 aliphatic carbocycles. The molecule has 0 aliphatic rings. The van der Waals surface area contributed by atoms with E-state index >= 15 is 0 Å². The van der Waals surface area contributed by atoms with Crippen LogP contribution < -0.4 is 11.1 Å². The summed E-state index contributed by atoms with van der Waals surface area (Å²) in [5, 5.41) is 2.83. The maximum atomic E-state index is 12.1. The van der Waals surface area contributed by atoms with Crippen molar-refractivity contribution in [3.63, 3.8) is 0 Å². The molecule has 0 saturated carbocycles. The minimum atomic E-state index is -0.143. The number of hydrogen-bond donors (Lipinski definition) is 2. The number of nitrogens with two attached hydrogens (primary N) is 1. The van der Waals surface area contributed by atoms with Crippen LogP contribution in [0.15, 0.2) is 42.5 Å². The molecule has 2 aromatic carbocycles. The molecule has 0 aliphatic heterocycles. The zero-order valence-electron chi connectivity index (χ0n) is 9.91. The van der Waals surface area contributed by atoms with E-state index in [1.54, 1.807) is 6.07 Å². The second-order valence-corrected chi connectivity index (χ2v) is 5.19. The van der Waals surface area contributed by atoms with Gasteiger partial charge in [0.1, 0.15) is 0 Å². The Kier molecular flexibility index (Phi) is 3.86. The third-order valence-corrected chi connectivity index (χ3v) is 3.51. The van der Waals surface area contributed by atoms with Gasteiger partial charge in [-0.15, -0.1) is 0 Å². The molecule has 18 heavy (non-hydrogen) atoms. The molecule has 3 nitrogen and oxygen atoms in total. The molecule has 0 heterocycles. The van der Waals surface area contributed by atoms with Gasteiger partial charge in [0.2, 0.25) is 0 Å². The Morgan fingerprint density at radius 3 is 2.61 bits per heavy atom. The lowest BCUT2D eigenvalue weighted by Gasteiger charge is -2.09. The summed E-state index contributed by atoms with van der Waals surface area (Å²) in [4.78, 5) is 12.1. The van der Waals surface area contributed by atoms with Crippen LogP contribution in [0.4, 0.5) is 11.4 Å². The Balaban J connectivity index is 2.24. The van der Waals surface area contributed by atoms with Gasteiger partial charge in [0, 0.05) is 3.57 Å². The summed E-state index contributed by atoms with van der Waals surface area (Å²) in [7, 11) is 0. The minimum absolute atomic E-state index is 0.143. The molecule has 2 aromatic rings. The van der Waals surface area contributed by atoms with Crippen molar-refractivity contribution in [2.75, 3.05) is 11.1 Å². The fourth-order valence-electron chi connectivity index (χ4n) is 1.63. The summed E-state index contributed by atoms with van der Waals surface area (Å²) < 4.78 is 0.915. The van der Waals surface area contributed by atoms with Crippen LogP contribution in [-0.2, 0) is 0 Å². The lowest BCUT2D eigenvalue weighted by Crippen LogP contribution is -2.14. The predicted molar refractivity (Wildman–Crippen MR) is 82.7 cm³/mol. The van der Waals surface area contributed by atoms with E-state index in [1.165, 1.54) is 0 Å². The quantitative estimate of drug-likeness (QED) is 0.643. The number of amides is 1. The van der Waals surface area contributed by atoms with Gasteiger partial charge in [0.25, 0.3) is 5.91 Å². The number of anilines is 2. The highest BCUT2D eigenvalue weighted by Crippen LogP contribution is 2.21. The first kappa shape index (κ1) is 12.9. The van der Waals surface area contributed by atoms with E-state index in [9.17, 15) is 4.79 Å². The van der Waals surface area contributed by atoms with Crippen molar-refractivity contribution in [1.82, 2.24) is 0 Å². The Morgan fingerprint density at radius 1 is 1.22 bits per heavy atom. The second kappa shape index (κ2) is 5.39. The van der Waals surface area contributed by atoms with Gasteiger partial charge in [-0.05, 0) is 59.3 Å². The zero-order chi connectivity index (χ0) is 13.1. The smallest absolute Gasteiger partial charge is 0.256 e. The number of rotatable bonds is 2. The fourth-order valence-corrected chi connectivity index (χ4v) is 2.26. The number of benzene rings is 2. The van der Waals surface area contributed by atoms with Gasteiger partial charge in [-0.2, -0.15) is 0 Å². The Bertz CT molecular complexity index is 596. The van der Waals surface area contributed by atoms with Crippen LogP contribution in [0.1, 0.15) is 15.9 Å². The number of carbonyl (C=O) groups is 1. The zero-order valence-corrected chi connectivity index (χ0v) is 12.1. The van der Waals surface area contributed by atoms with Crippen LogP contribution in [0.5, 0.6) is 0 Å². The van der Waals surface area contributed by atoms with Crippen molar-refractivity contribution in [3.8, 4) is 0 Å². The number of nitrogen functional groups attached to an aromatic ring is 1. The van der Waals surface area contributed by atoms with E-state index in [4.69, 9.17) is 5.73 Å². The van der Waals surface area contributed by atoms with Crippen LogP contribution in [0.25, 0.3) is 0 Å².